The van der Waals surface area contributed by atoms with Crippen LogP contribution in [0.3, 0.4) is 0 Å². The topological polar surface area (TPSA) is 59.3 Å². The number of allylic oxidation sites excluding steroid dienone is 1. The second-order valence-corrected chi connectivity index (χ2v) is 6.21. The van der Waals surface area contributed by atoms with Crippen molar-refractivity contribution in [3.8, 4) is 17.6 Å². The zero-order valence-corrected chi connectivity index (χ0v) is 15.9. The first-order chi connectivity index (χ1) is 13.2. The van der Waals surface area contributed by atoms with Gasteiger partial charge in [0.15, 0.2) is 0 Å². The summed E-state index contributed by atoms with van der Waals surface area (Å²) in [6.45, 7) is 2.88. The van der Waals surface area contributed by atoms with Gasteiger partial charge in [0.25, 0.3) is 0 Å². The second-order valence-electron chi connectivity index (χ2n) is 6.21. The van der Waals surface area contributed by atoms with Gasteiger partial charge in [-0.3, -0.25) is 4.79 Å². The molecule has 4 nitrogen and oxygen atoms in total. The largest absolute Gasteiger partial charge is 0.497 e. The maximum Gasteiger partial charge on any atom is 0.203 e. The molecule has 0 aliphatic rings. The van der Waals surface area contributed by atoms with E-state index in [-0.39, 0.29) is 11.4 Å². The van der Waals surface area contributed by atoms with Gasteiger partial charge in [-0.15, -0.1) is 0 Å². The Morgan fingerprint density at radius 3 is 2.52 bits per heavy atom. The quantitative estimate of drug-likeness (QED) is 0.244. The van der Waals surface area contributed by atoms with E-state index in [1.165, 1.54) is 26.4 Å². The molecule has 0 unspecified atom stereocenters. The zero-order valence-electron chi connectivity index (χ0n) is 15.9. The maximum atomic E-state index is 12.6. The van der Waals surface area contributed by atoms with E-state index in [1.807, 2.05) is 30.3 Å². The number of hydrogen-bond donors (Lipinski definition) is 0. The summed E-state index contributed by atoms with van der Waals surface area (Å²) in [5.41, 5.74) is 1.28. The Morgan fingerprint density at radius 1 is 1.07 bits per heavy atom. The number of nitriles is 1. The Hall–Kier alpha value is -3.06. The monoisotopic (exact) mass is 363 g/mol. The van der Waals surface area contributed by atoms with Crippen LogP contribution in [-0.2, 0) is 0 Å². The number of hydrogen-bond acceptors (Lipinski definition) is 4. The summed E-state index contributed by atoms with van der Waals surface area (Å²) in [6, 6.07) is 16.2. The number of methoxy groups -OCH3 is 1. The lowest BCUT2D eigenvalue weighted by Crippen LogP contribution is -2.02. The number of unbranched alkanes of at least 4 members (excludes halogenated alkanes) is 3. The normalized spacial score (nSPS) is 10.9. The van der Waals surface area contributed by atoms with Crippen molar-refractivity contribution in [3.05, 3.63) is 65.2 Å². The third kappa shape index (κ3) is 6.31. The van der Waals surface area contributed by atoms with E-state index < -0.39 is 0 Å². The van der Waals surface area contributed by atoms with E-state index in [1.54, 1.807) is 30.3 Å². The molecule has 0 amide bonds. The number of benzene rings is 2. The lowest BCUT2D eigenvalue weighted by atomic mass is 10.0. The van der Waals surface area contributed by atoms with Crippen LogP contribution in [0, 0.1) is 11.3 Å². The Bertz CT molecular complexity index is 816. The van der Waals surface area contributed by atoms with Gasteiger partial charge in [0.1, 0.15) is 23.1 Å². The van der Waals surface area contributed by atoms with Crippen molar-refractivity contribution in [3.63, 3.8) is 0 Å². The molecule has 0 N–H and O–H groups in total. The number of carbonyl (C=O) groups is 1. The summed E-state index contributed by atoms with van der Waals surface area (Å²) in [7, 11) is 1.54. The molecule has 2 aromatic rings. The molecule has 0 aromatic heterocycles. The van der Waals surface area contributed by atoms with E-state index in [0.29, 0.717) is 17.9 Å². The van der Waals surface area contributed by atoms with Crippen LogP contribution in [0.15, 0.2) is 54.1 Å². The fraction of sp³-hybridized carbons (Fsp3) is 0.304. The van der Waals surface area contributed by atoms with Crippen molar-refractivity contribution in [2.75, 3.05) is 13.7 Å². The maximum absolute atomic E-state index is 12.6. The first kappa shape index (κ1) is 20.3. The molecule has 0 saturated heterocycles. The molecule has 0 atom stereocenters. The Morgan fingerprint density at radius 2 is 1.85 bits per heavy atom. The molecule has 4 heteroatoms. The first-order valence-electron chi connectivity index (χ1n) is 9.21. The molecule has 0 fully saturated rings. The summed E-state index contributed by atoms with van der Waals surface area (Å²) in [4.78, 5) is 12.6. The Balaban J connectivity index is 2.04. The summed E-state index contributed by atoms with van der Waals surface area (Å²) >= 11 is 0. The molecule has 0 aliphatic heterocycles. The highest BCUT2D eigenvalue weighted by atomic mass is 16.5. The number of carbonyl (C=O) groups excluding carboxylic acids is 1. The fourth-order valence-corrected chi connectivity index (χ4v) is 2.61. The van der Waals surface area contributed by atoms with Crippen LogP contribution in [0.5, 0.6) is 11.5 Å². The fourth-order valence-electron chi connectivity index (χ4n) is 2.61. The van der Waals surface area contributed by atoms with Gasteiger partial charge in [0.05, 0.1) is 13.7 Å². The molecule has 0 spiro atoms. The number of ketones is 1. The van der Waals surface area contributed by atoms with E-state index in [9.17, 15) is 10.1 Å². The van der Waals surface area contributed by atoms with Crippen molar-refractivity contribution < 1.29 is 14.3 Å². The summed E-state index contributed by atoms with van der Waals surface area (Å²) in [6.07, 6.45) is 6.24. The highest BCUT2D eigenvalue weighted by Gasteiger charge is 2.13. The highest BCUT2D eigenvalue weighted by Crippen LogP contribution is 2.19. The smallest absolute Gasteiger partial charge is 0.203 e. The SMILES string of the molecule is CCCCCCOc1ccc(/C=C(\C#N)C(=O)c2cccc(OC)c2)cc1. The zero-order chi connectivity index (χ0) is 19.5. The molecule has 27 heavy (non-hydrogen) atoms. The molecule has 2 rings (SSSR count). The highest BCUT2D eigenvalue weighted by molar-refractivity contribution is 6.14. The molecule has 140 valence electrons. The molecule has 0 bridgehead atoms. The predicted octanol–water partition coefficient (Wildman–Crippen LogP) is 5.44. The van der Waals surface area contributed by atoms with Crippen LogP contribution in [0.25, 0.3) is 6.08 Å². The Kier molecular flexibility index (Phi) is 8.12. The average molecular weight is 363 g/mol. The van der Waals surface area contributed by atoms with Crippen LogP contribution >= 0.6 is 0 Å². The number of nitrogens with zero attached hydrogens (tertiary/aromatic N) is 1. The molecule has 2 aromatic carbocycles. The van der Waals surface area contributed by atoms with Crippen molar-refractivity contribution in [1.82, 2.24) is 0 Å². The van der Waals surface area contributed by atoms with Gasteiger partial charge in [-0.2, -0.15) is 5.26 Å². The summed E-state index contributed by atoms with van der Waals surface area (Å²) in [5.74, 6) is 1.05. The molecule has 0 saturated carbocycles. The van der Waals surface area contributed by atoms with Gasteiger partial charge < -0.3 is 9.47 Å². The summed E-state index contributed by atoms with van der Waals surface area (Å²) in [5, 5.41) is 9.39. The van der Waals surface area contributed by atoms with E-state index in [0.717, 1.165) is 17.7 Å². The van der Waals surface area contributed by atoms with Crippen molar-refractivity contribution in [2.24, 2.45) is 0 Å². The third-order valence-electron chi connectivity index (χ3n) is 4.15. The predicted molar refractivity (Wildman–Crippen MR) is 107 cm³/mol. The van der Waals surface area contributed by atoms with Gasteiger partial charge in [0, 0.05) is 5.56 Å². The molecule has 0 radical (unpaired) electrons. The van der Waals surface area contributed by atoms with Crippen LogP contribution in [0.1, 0.15) is 48.5 Å². The number of rotatable bonds is 10. The lowest BCUT2D eigenvalue weighted by molar-refractivity contribution is 0.103. The van der Waals surface area contributed by atoms with Gasteiger partial charge in [-0.1, -0.05) is 50.5 Å². The lowest BCUT2D eigenvalue weighted by Gasteiger charge is -2.06. The average Bonchev–Trinajstić information content (AvgIpc) is 2.72. The van der Waals surface area contributed by atoms with E-state index in [2.05, 4.69) is 6.92 Å². The van der Waals surface area contributed by atoms with E-state index in [4.69, 9.17) is 9.47 Å². The van der Waals surface area contributed by atoms with Gasteiger partial charge in [0.2, 0.25) is 5.78 Å². The van der Waals surface area contributed by atoms with E-state index >= 15 is 0 Å². The molecular formula is C23H25NO3. The van der Waals surface area contributed by atoms with Gasteiger partial charge in [-0.05, 0) is 42.3 Å². The third-order valence-corrected chi connectivity index (χ3v) is 4.15. The van der Waals surface area contributed by atoms with Crippen LogP contribution in [0.4, 0.5) is 0 Å². The minimum atomic E-state index is -0.326. The standard InChI is InChI=1S/C23H25NO3/c1-3-4-5-6-14-27-21-12-10-18(11-13-21)15-20(17-24)23(25)19-8-7-9-22(16-19)26-2/h7-13,15-16H,3-6,14H2,1-2H3/b20-15+. The number of ether oxygens (including phenoxy) is 2. The molecule has 0 aliphatic carbocycles. The van der Waals surface area contributed by atoms with Crippen LogP contribution < -0.4 is 9.47 Å². The van der Waals surface area contributed by atoms with Crippen LogP contribution in [-0.4, -0.2) is 19.5 Å². The van der Waals surface area contributed by atoms with Crippen molar-refractivity contribution in [2.45, 2.75) is 32.6 Å². The number of Topliss-reactive ketones (excluding diaryl/α,β-unsaturated/α-hetero) is 1. The van der Waals surface area contributed by atoms with Gasteiger partial charge in [-0.25, -0.2) is 0 Å². The molecule has 0 heterocycles. The summed E-state index contributed by atoms with van der Waals surface area (Å²) < 4.78 is 10.8. The minimum Gasteiger partial charge on any atom is -0.497 e. The second kappa shape index (κ2) is 10.8. The van der Waals surface area contributed by atoms with Crippen LogP contribution in [0.2, 0.25) is 0 Å². The minimum absolute atomic E-state index is 0.0801. The van der Waals surface area contributed by atoms with Crippen molar-refractivity contribution in [1.29, 1.82) is 5.26 Å². The van der Waals surface area contributed by atoms with Gasteiger partial charge >= 0.3 is 0 Å². The first-order valence-corrected chi connectivity index (χ1v) is 9.21. The Labute approximate surface area is 161 Å². The van der Waals surface area contributed by atoms with Crippen molar-refractivity contribution >= 4 is 11.9 Å². The molecular weight excluding hydrogens is 338 g/mol.